The molecule has 1 aromatic carbocycles. The van der Waals surface area contributed by atoms with E-state index >= 15 is 0 Å². The van der Waals surface area contributed by atoms with Crippen molar-refractivity contribution in [1.82, 2.24) is 4.90 Å². The lowest BCUT2D eigenvalue weighted by Crippen LogP contribution is -2.29. The molecule has 0 atom stereocenters. The van der Waals surface area contributed by atoms with Crippen LogP contribution >= 0.6 is 0 Å². The van der Waals surface area contributed by atoms with Crippen LogP contribution in [0.1, 0.15) is 44.9 Å². The van der Waals surface area contributed by atoms with E-state index in [1.165, 1.54) is 12.8 Å². The zero-order chi connectivity index (χ0) is 15.2. The Morgan fingerprint density at radius 3 is 2.48 bits per heavy atom. The molecule has 2 N–H and O–H groups in total. The summed E-state index contributed by atoms with van der Waals surface area (Å²) in [5.74, 6) is 1.79. The number of nitrogens with two attached hydrogens (primary N) is 1. The Kier molecular flexibility index (Phi) is 5.83. The Labute approximate surface area is 128 Å². The van der Waals surface area contributed by atoms with Gasteiger partial charge in [0.05, 0.1) is 6.54 Å². The summed E-state index contributed by atoms with van der Waals surface area (Å²) in [6.07, 6.45) is 2.47. The zero-order valence-electron chi connectivity index (χ0n) is 13.6. The molecule has 0 aliphatic heterocycles. The van der Waals surface area contributed by atoms with E-state index in [2.05, 4.69) is 31.7 Å². The van der Waals surface area contributed by atoms with Crippen LogP contribution in [0.4, 0.5) is 0 Å². The molecule has 0 saturated carbocycles. The summed E-state index contributed by atoms with van der Waals surface area (Å²) in [4.78, 5) is 2.47. The highest BCUT2D eigenvalue weighted by atomic mass is 16.3. The molecule has 0 spiro atoms. The summed E-state index contributed by atoms with van der Waals surface area (Å²) in [6, 6.07) is 8.18. The molecule has 116 valence electrons. The van der Waals surface area contributed by atoms with E-state index in [1.54, 1.807) is 0 Å². The van der Waals surface area contributed by atoms with Crippen molar-refractivity contribution in [3.05, 3.63) is 35.6 Å². The fourth-order valence-corrected chi connectivity index (χ4v) is 2.92. The number of benzene rings is 1. The van der Waals surface area contributed by atoms with Crippen LogP contribution in [0.3, 0.4) is 0 Å². The quantitative estimate of drug-likeness (QED) is 0.793. The molecule has 0 aliphatic rings. The van der Waals surface area contributed by atoms with Crippen molar-refractivity contribution in [2.24, 2.45) is 11.7 Å². The molecule has 0 radical (unpaired) electrons. The lowest BCUT2D eigenvalue weighted by molar-refractivity contribution is 0.211. The van der Waals surface area contributed by atoms with Crippen molar-refractivity contribution in [3.63, 3.8) is 0 Å². The third kappa shape index (κ3) is 3.66. The van der Waals surface area contributed by atoms with Gasteiger partial charge in [-0.05, 0) is 18.5 Å². The van der Waals surface area contributed by atoms with E-state index in [0.29, 0.717) is 6.54 Å². The predicted molar refractivity (Wildman–Crippen MR) is 89.1 cm³/mol. The molecule has 2 aromatic rings. The van der Waals surface area contributed by atoms with Crippen LogP contribution in [0.5, 0.6) is 0 Å². The van der Waals surface area contributed by atoms with E-state index in [9.17, 15) is 0 Å². The number of para-hydroxylation sites is 1. The first-order valence-electron chi connectivity index (χ1n) is 8.15. The first-order chi connectivity index (χ1) is 10.2. The van der Waals surface area contributed by atoms with Gasteiger partial charge in [-0.25, -0.2) is 0 Å². The van der Waals surface area contributed by atoms with E-state index in [0.717, 1.165) is 47.8 Å². The van der Waals surface area contributed by atoms with Crippen LogP contribution in [0.15, 0.2) is 28.7 Å². The van der Waals surface area contributed by atoms with Crippen molar-refractivity contribution >= 4 is 11.0 Å². The van der Waals surface area contributed by atoms with Gasteiger partial charge in [-0.15, -0.1) is 0 Å². The van der Waals surface area contributed by atoms with Crippen LogP contribution < -0.4 is 5.73 Å². The van der Waals surface area contributed by atoms with Gasteiger partial charge in [0, 0.05) is 24.0 Å². The van der Waals surface area contributed by atoms with E-state index in [1.807, 2.05) is 18.2 Å². The topological polar surface area (TPSA) is 42.4 Å². The number of hydrogen-bond donors (Lipinski definition) is 1. The van der Waals surface area contributed by atoms with Gasteiger partial charge in [-0.3, -0.25) is 4.90 Å². The smallest absolute Gasteiger partial charge is 0.134 e. The fraction of sp³-hybridized carbons (Fsp3) is 0.556. The standard InChI is InChI=1S/C18H28N2O/c1-4-14(5-2)12-20(6-3)13-18-16(11-19)15-9-7-8-10-17(15)21-18/h7-10,14H,4-6,11-13,19H2,1-3H3. The first-order valence-corrected chi connectivity index (χ1v) is 8.15. The van der Waals surface area contributed by atoms with Gasteiger partial charge >= 0.3 is 0 Å². The van der Waals surface area contributed by atoms with Gasteiger partial charge in [0.25, 0.3) is 0 Å². The number of nitrogens with zero attached hydrogens (tertiary/aromatic N) is 1. The minimum absolute atomic E-state index is 0.537. The molecule has 1 heterocycles. The number of hydrogen-bond acceptors (Lipinski definition) is 3. The molecule has 0 amide bonds. The second kappa shape index (κ2) is 7.62. The van der Waals surface area contributed by atoms with Crippen LogP contribution in [0, 0.1) is 5.92 Å². The Bertz CT molecular complexity index is 557. The number of fused-ring (bicyclic) bond motifs is 1. The first kappa shape index (κ1) is 16.1. The Morgan fingerprint density at radius 2 is 1.86 bits per heavy atom. The van der Waals surface area contributed by atoms with E-state index < -0.39 is 0 Å². The van der Waals surface area contributed by atoms with Crippen molar-refractivity contribution in [2.45, 2.75) is 46.7 Å². The third-order valence-electron chi connectivity index (χ3n) is 4.47. The van der Waals surface area contributed by atoms with Gasteiger partial charge < -0.3 is 10.2 Å². The highest BCUT2D eigenvalue weighted by Crippen LogP contribution is 2.27. The largest absolute Gasteiger partial charge is 0.459 e. The Hall–Kier alpha value is -1.32. The minimum Gasteiger partial charge on any atom is -0.459 e. The summed E-state index contributed by atoms with van der Waals surface area (Å²) in [5, 5.41) is 1.16. The van der Waals surface area contributed by atoms with E-state index in [-0.39, 0.29) is 0 Å². The maximum Gasteiger partial charge on any atom is 0.134 e. The molecule has 3 heteroatoms. The third-order valence-corrected chi connectivity index (χ3v) is 4.47. The molecular weight excluding hydrogens is 260 g/mol. The minimum atomic E-state index is 0.537. The number of furan rings is 1. The van der Waals surface area contributed by atoms with Gasteiger partial charge in [-0.2, -0.15) is 0 Å². The molecule has 0 unspecified atom stereocenters. The monoisotopic (exact) mass is 288 g/mol. The summed E-state index contributed by atoms with van der Waals surface area (Å²) in [7, 11) is 0. The second-order valence-corrected chi connectivity index (χ2v) is 5.71. The van der Waals surface area contributed by atoms with Crippen molar-refractivity contribution < 1.29 is 4.42 Å². The molecule has 1 aromatic heterocycles. The normalized spacial score (nSPS) is 11.9. The van der Waals surface area contributed by atoms with Crippen LogP contribution in [-0.2, 0) is 13.1 Å². The average Bonchev–Trinajstić information content (AvgIpc) is 2.88. The predicted octanol–water partition coefficient (Wildman–Crippen LogP) is 4.15. The molecule has 0 aliphatic carbocycles. The lowest BCUT2D eigenvalue weighted by atomic mass is 10.0. The van der Waals surface area contributed by atoms with Gasteiger partial charge in [-0.1, -0.05) is 51.8 Å². The van der Waals surface area contributed by atoms with Crippen molar-refractivity contribution in [1.29, 1.82) is 0 Å². The van der Waals surface area contributed by atoms with Gasteiger partial charge in [0.2, 0.25) is 0 Å². The molecule has 0 bridgehead atoms. The SMILES string of the molecule is CCC(CC)CN(CC)Cc1oc2ccccc2c1CN. The zero-order valence-corrected chi connectivity index (χ0v) is 13.6. The highest BCUT2D eigenvalue weighted by molar-refractivity contribution is 5.82. The summed E-state index contributed by atoms with van der Waals surface area (Å²) in [5.41, 5.74) is 8.06. The summed E-state index contributed by atoms with van der Waals surface area (Å²) < 4.78 is 6.05. The van der Waals surface area contributed by atoms with Gasteiger partial charge in [0.15, 0.2) is 0 Å². The molecular formula is C18H28N2O. The molecule has 3 nitrogen and oxygen atoms in total. The Morgan fingerprint density at radius 1 is 1.14 bits per heavy atom. The maximum absolute atomic E-state index is 6.05. The fourth-order valence-electron chi connectivity index (χ4n) is 2.92. The Balaban J connectivity index is 2.20. The van der Waals surface area contributed by atoms with Crippen LogP contribution in [-0.4, -0.2) is 18.0 Å². The average molecular weight is 288 g/mol. The molecule has 0 saturated heterocycles. The van der Waals surface area contributed by atoms with Crippen molar-refractivity contribution in [3.8, 4) is 0 Å². The van der Waals surface area contributed by atoms with Gasteiger partial charge in [0.1, 0.15) is 11.3 Å². The maximum atomic E-state index is 6.05. The molecule has 21 heavy (non-hydrogen) atoms. The lowest BCUT2D eigenvalue weighted by Gasteiger charge is -2.24. The second-order valence-electron chi connectivity index (χ2n) is 5.71. The van der Waals surface area contributed by atoms with Crippen molar-refractivity contribution in [2.75, 3.05) is 13.1 Å². The molecule has 2 rings (SSSR count). The van der Waals surface area contributed by atoms with Crippen LogP contribution in [0.2, 0.25) is 0 Å². The number of rotatable bonds is 8. The van der Waals surface area contributed by atoms with Crippen LogP contribution in [0.25, 0.3) is 11.0 Å². The summed E-state index contributed by atoms with van der Waals surface area (Å²) >= 11 is 0. The summed E-state index contributed by atoms with van der Waals surface area (Å²) in [6.45, 7) is 10.3. The molecule has 0 fully saturated rings. The highest BCUT2D eigenvalue weighted by Gasteiger charge is 2.17. The van der Waals surface area contributed by atoms with E-state index in [4.69, 9.17) is 10.2 Å².